The number of fused-ring (bicyclic) bond motifs is 1. The van der Waals surface area contributed by atoms with Gasteiger partial charge >= 0.3 is 0 Å². The first-order valence-corrected chi connectivity index (χ1v) is 14.6. The molecule has 0 spiro atoms. The van der Waals surface area contributed by atoms with Crippen LogP contribution in [0.4, 0.5) is 17.1 Å². The van der Waals surface area contributed by atoms with E-state index in [9.17, 15) is 9.59 Å². The Morgan fingerprint density at radius 2 is 1.77 bits per heavy atom. The summed E-state index contributed by atoms with van der Waals surface area (Å²) in [4.78, 5) is 34.7. The fourth-order valence-electron chi connectivity index (χ4n) is 4.98. The maximum Gasteiger partial charge on any atom is 0.264 e. The molecule has 2 fully saturated rings. The van der Waals surface area contributed by atoms with Gasteiger partial charge in [-0.05, 0) is 62.3 Å². The van der Waals surface area contributed by atoms with Gasteiger partial charge in [0.25, 0.3) is 5.91 Å². The van der Waals surface area contributed by atoms with Crippen LogP contribution in [0.15, 0.2) is 59.9 Å². The van der Waals surface area contributed by atoms with Crippen molar-refractivity contribution in [3.8, 4) is 0 Å². The first-order chi connectivity index (χ1) is 19.5. The Kier molecular flexibility index (Phi) is 9.10. The smallest absolute Gasteiger partial charge is 0.264 e. The van der Waals surface area contributed by atoms with Gasteiger partial charge in [0, 0.05) is 65.0 Å². The van der Waals surface area contributed by atoms with Gasteiger partial charge in [-0.25, -0.2) is 4.99 Å². The molecule has 0 radical (unpaired) electrons. The number of nitrogen functional groups attached to an aromatic ring is 1. The summed E-state index contributed by atoms with van der Waals surface area (Å²) >= 11 is 1.44. The Morgan fingerprint density at radius 1 is 1.02 bits per heavy atom. The molecule has 3 aromatic rings. The molecule has 1 aromatic heterocycles. The zero-order valence-corrected chi connectivity index (χ0v) is 23.5. The predicted octanol–water partition coefficient (Wildman–Crippen LogP) is 4.77. The zero-order chi connectivity index (χ0) is 27.9. The minimum atomic E-state index is 0.00803. The number of nitrogens with one attached hydrogen (secondary N) is 2. The second kappa shape index (κ2) is 13.1. The summed E-state index contributed by atoms with van der Waals surface area (Å²) in [7, 11) is 0. The normalized spacial score (nSPS) is 16.4. The number of likely N-dealkylation sites (tertiary alicyclic amines) is 1. The standard InChI is InChI=1S/C30H36N6O3S/c1-21(33-23-6-5-7-24(18-23)34-28(37)10-13-35-11-3-2-4-12-35)32-20-22-8-9-26-25(29(22)31)19-27(40-26)30(38)36-14-16-39-17-15-36/h5-9,18-20,33H,1-4,10-17,31H2,(H,34,37). The van der Waals surface area contributed by atoms with Crippen LogP contribution in [0.3, 0.4) is 0 Å². The molecule has 0 unspecified atom stereocenters. The minimum absolute atomic E-state index is 0.00803. The van der Waals surface area contributed by atoms with E-state index in [-0.39, 0.29) is 11.8 Å². The molecule has 2 aromatic carbocycles. The third-order valence-corrected chi connectivity index (χ3v) is 8.27. The van der Waals surface area contributed by atoms with Crippen molar-refractivity contribution in [2.75, 3.05) is 62.3 Å². The summed E-state index contributed by atoms with van der Waals surface area (Å²) in [5.41, 5.74) is 9.27. The average Bonchev–Trinajstić information content (AvgIpc) is 3.42. The number of piperidine rings is 1. The first kappa shape index (κ1) is 27.8. The van der Waals surface area contributed by atoms with Crippen molar-refractivity contribution >= 4 is 56.5 Å². The molecule has 0 bridgehead atoms. The molecular formula is C30H36N6O3S. The van der Waals surface area contributed by atoms with E-state index in [1.165, 1.54) is 30.6 Å². The number of hydrogen-bond donors (Lipinski definition) is 3. The van der Waals surface area contributed by atoms with Crippen LogP contribution < -0.4 is 16.4 Å². The van der Waals surface area contributed by atoms with E-state index in [4.69, 9.17) is 10.5 Å². The predicted molar refractivity (Wildman–Crippen MR) is 163 cm³/mol. The highest BCUT2D eigenvalue weighted by Gasteiger charge is 2.21. The van der Waals surface area contributed by atoms with Gasteiger partial charge in [-0.2, -0.15) is 0 Å². The van der Waals surface area contributed by atoms with Crippen molar-refractivity contribution in [3.63, 3.8) is 0 Å². The molecule has 2 aliphatic rings. The molecule has 210 valence electrons. The molecule has 3 heterocycles. The molecule has 9 nitrogen and oxygen atoms in total. The van der Waals surface area contributed by atoms with Crippen molar-refractivity contribution in [3.05, 3.63) is 65.3 Å². The van der Waals surface area contributed by atoms with Gasteiger partial charge in [0.05, 0.1) is 18.1 Å². The number of aliphatic imine (C=N–C) groups is 1. The quantitative estimate of drug-likeness (QED) is 0.257. The number of morpholine rings is 1. The number of anilines is 3. The SMILES string of the molecule is C=C(N=Cc1ccc2sc(C(=O)N3CCOCC3)cc2c1N)Nc1cccc(NC(=O)CCN2CCCCC2)c1. The third-order valence-electron chi connectivity index (χ3n) is 7.18. The van der Waals surface area contributed by atoms with Gasteiger partial charge in [-0.1, -0.05) is 19.1 Å². The topological polar surface area (TPSA) is 112 Å². The fraction of sp³-hybridized carbons (Fsp3) is 0.367. The van der Waals surface area contributed by atoms with E-state index in [0.717, 1.165) is 46.7 Å². The van der Waals surface area contributed by atoms with Gasteiger partial charge in [0.1, 0.15) is 5.82 Å². The highest BCUT2D eigenvalue weighted by atomic mass is 32.1. The van der Waals surface area contributed by atoms with E-state index >= 15 is 0 Å². The number of benzene rings is 2. The summed E-state index contributed by atoms with van der Waals surface area (Å²) in [5, 5.41) is 7.00. The van der Waals surface area contributed by atoms with Gasteiger partial charge in [0.2, 0.25) is 5.91 Å². The third kappa shape index (κ3) is 7.07. The molecule has 2 aliphatic heterocycles. The number of carbonyl (C=O) groups is 2. The molecule has 0 aliphatic carbocycles. The molecular weight excluding hydrogens is 524 g/mol. The molecule has 2 amide bonds. The Bertz CT molecular complexity index is 1410. The lowest BCUT2D eigenvalue weighted by Crippen LogP contribution is -2.40. The van der Waals surface area contributed by atoms with Crippen LogP contribution in [0.25, 0.3) is 10.1 Å². The number of rotatable bonds is 9. The second-order valence-electron chi connectivity index (χ2n) is 10.1. The van der Waals surface area contributed by atoms with Crippen LogP contribution in [0.1, 0.15) is 40.9 Å². The van der Waals surface area contributed by atoms with Gasteiger partial charge in [0.15, 0.2) is 0 Å². The van der Waals surface area contributed by atoms with Crippen molar-refractivity contribution in [2.45, 2.75) is 25.7 Å². The molecule has 5 rings (SSSR count). The Morgan fingerprint density at radius 3 is 2.55 bits per heavy atom. The molecule has 40 heavy (non-hydrogen) atoms. The van der Waals surface area contributed by atoms with Crippen LogP contribution >= 0.6 is 11.3 Å². The van der Waals surface area contributed by atoms with Crippen LogP contribution in [-0.2, 0) is 9.53 Å². The average molecular weight is 561 g/mol. The molecule has 2 saturated heterocycles. The van der Waals surface area contributed by atoms with Crippen molar-refractivity contribution in [1.82, 2.24) is 9.80 Å². The Labute approximate surface area is 238 Å². The van der Waals surface area contributed by atoms with Crippen LogP contribution in [-0.4, -0.2) is 73.8 Å². The van der Waals surface area contributed by atoms with Gasteiger partial charge in [-0.15, -0.1) is 11.3 Å². The van der Waals surface area contributed by atoms with Crippen molar-refractivity contribution < 1.29 is 14.3 Å². The van der Waals surface area contributed by atoms with E-state index in [1.54, 1.807) is 6.21 Å². The van der Waals surface area contributed by atoms with Crippen molar-refractivity contribution in [2.24, 2.45) is 4.99 Å². The lowest BCUT2D eigenvalue weighted by Gasteiger charge is -2.26. The summed E-state index contributed by atoms with van der Waals surface area (Å²) < 4.78 is 6.31. The second-order valence-corrected chi connectivity index (χ2v) is 11.2. The van der Waals surface area contributed by atoms with E-state index in [0.29, 0.717) is 49.1 Å². The van der Waals surface area contributed by atoms with E-state index < -0.39 is 0 Å². The van der Waals surface area contributed by atoms with Gasteiger partial charge < -0.3 is 30.9 Å². The number of amides is 2. The van der Waals surface area contributed by atoms with Gasteiger partial charge in [-0.3, -0.25) is 9.59 Å². The van der Waals surface area contributed by atoms with Crippen LogP contribution in [0.5, 0.6) is 0 Å². The lowest BCUT2D eigenvalue weighted by atomic mass is 10.1. The Balaban J connectivity index is 1.18. The number of hydrogen-bond acceptors (Lipinski definition) is 8. The highest BCUT2D eigenvalue weighted by Crippen LogP contribution is 2.32. The monoisotopic (exact) mass is 560 g/mol. The number of nitrogens with two attached hydrogens (primary N) is 1. The fourth-order valence-corrected chi connectivity index (χ4v) is 6.02. The largest absolute Gasteiger partial charge is 0.398 e. The zero-order valence-electron chi connectivity index (χ0n) is 22.7. The number of carbonyl (C=O) groups excluding carboxylic acids is 2. The first-order valence-electron chi connectivity index (χ1n) is 13.8. The van der Waals surface area contributed by atoms with E-state index in [1.807, 2.05) is 47.4 Å². The molecule has 0 atom stereocenters. The Hall–Kier alpha value is -3.73. The van der Waals surface area contributed by atoms with Crippen LogP contribution in [0.2, 0.25) is 0 Å². The number of thiophene rings is 1. The summed E-state index contributed by atoms with van der Waals surface area (Å²) in [6, 6.07) is 13.2. The van der Waals surface area contributed by atoms with E-state index in [2.05, 4.69) is 27.1 Å². The van der Waals surface area contributed by atoms with Crippen molar-refractivity contribution in [1.29, 1.82) is 0 Å². The molecule has 10 heteroatoms. The van der Waals surface area contributed by atoms with Crippen LogP contribution in [0, 0.1) is 0 Å². The molecule has 4 N–H and O–H groups in total. The minimum Gasteiger partial charge on any atom is -0.398 e. The maximum atomic E-state index is 12.9. The number of nitrogens with zero attached hydrogens (tertiary/aromatic N) is 3. The summed E-state index contributed by atoms with van der Waals surface area (Å²) in [6.45, 7) is 9.29. The molecule has 0 saturated carbocycles. The highest BCUT2D eigenvalue weighted by molar-refractivity contribution is 7.20. The lowest BCUT2D eigenvalue weighted by molar-refractivity contribution is -0.116. The maximum absolute atomic E-state index is 12.9. The summed E-state index contributed by atoms with van der Waals surface area (Å²) in [6.07, 6.45) is 5.86. The number of ether oxygens (including phenoxy) is 1. The summed E-state index contributed by atoms with van der Waals surface area (Å²) in [5.74, 6) is 0.451.